The van der Waals surface area contributed by atoms with Gasteiger partial charge in [-0.3, -0.25) is 9.59 Å². The summed E-state index contributed by atoms with van der Waals surface area (Å²) in [7, 11) is 0. The highest BCUT2D eigenvalue weighted by molar-refractivity contribution is 9.10. The number of rotatable bonds is 5. The number of nitrogens with one attached hydrogen (secondary N) is 2. The van der Waals surface area contributed by atoms with Gasteiger partial charge in [0.2, 0.25) is 0 Å². The second kappa shape index (κ2) is 7.92. The Morgan fingerprint density at radius 1 is 1.00 bits per heavy atom. The molecule has 0 saturated carbocycles. The van der Waals surface area contributed by atoms with Crippen molar-refractivity contribution < 1.29 is 9.59 Å². The summed E-state index contributed by atoms with van der Waals surface area (Å²) in [6, 6.07) is 14.0. The number of carbonyl (C=O) groups excluding carboxylic acids is 2. The van der Waals surface area contributed by atoms with E-state index in [4.69, 9.17) is 0 Å². The Balaban J connectivity index is 2.07. The van der Waals surface area contributed by atoms with Crippen LogP contribution in [0.2, 0.25) is 0 Å². The van der Waals surface area contributed by atoms with Crippen LogP contribution in [0.5, 0.6) is 0 Å². The Morgan fingerprint density at radius 2 is 1.61 bits per heavy atom. The average Bonchev–Trinajstić information content (AvgIpc) is 2.54. The van der Waals surface area contributed by atoms with Crippen molar-refractivity contribution in [3.8, 4) is 0 Å². The lowest BCUT2D eigenvalue weighted by atomic mass is 10.1. The van der Waals surface area contributed by atoms with Gasteiger partial charge in [0, 0.05) is 27.8 Å². The molecule has 0 spiro atoms. The molecule has 0 aromatic heterocycles. The largest absolute Gasteiger partial charge is 0.352 e. The van der Waals surface area contributed by atoms with Gasteiger partial charge < -0.3 is 10.6 Å². The van der Waals surface area contributed by atoms with Crippen molar-refractivity contribution in [1.29, 1.82) is 0 Å². The van der Waals surface area contributed by atoms with E-state index >= 15 is 0 Å². The van der Waals surface area contributed by atoms with Gasteiger partial charge in [0.1, 0.15) is 0 Å². The summed E-state index contributed by atoms with van der Waals surface area (Å²) in [6.45, 7) is 4.67. The van der Waals surface area contributed by atoms with Gasteiger partial charge in [-0.05, 0) is 48.4 Å². The van der Waals surface area contributed by atoms with E-state index in [9.17, 15) is 9.59 Å². The van der Waals surface area contributed by atoms with Crippen LogP contribution in [0.15, 0.2) is 53.0 Å². The Bertz CT molecular complexity index is 696. The molecule has 2 aromatic rings. The molecule has 4 nitrogen and oxygen atoms in total. The smallest absolute Gasteiger partial charge is 0.255 e. The second-order valence-electron chi connectivity index (χ2n) is 5.65. The van der Waals surface area contributed by atoms with Crippen LogP contribution >= 0.6 is 15.9 Å². The minimum Gasteiger partial charge on any atom is -0.352 e. The first kappa shape index (κ1) is 17.2. The highest BCUT2D eigenvalue weighted by Gasteiger charge is 2.11. The number of carbonyl (C=O) groups is 2. The molecule has 0 radical (unpaired) electrons. The van der Waals surface area contributed by atoms with E-state index in [0.29, 0.717) is 29.3 Å². The maximum atomic E-state index is 12.3. The van der Waals surface area contributed by atoms with Crippen molar-refractivity contribution in [1.82, 2.24) is 5.32 Å². The lowest BCUT2D eigenvalue weighted by Gasteiger charge is -2.09. The summed E-state index contributed by atoms with van der Waals surface area (Å²) in [5, 5.41) is 5.65. The monoisotopic (exact) mass is 374 g/mol. The van der Waals surface area contributed by atoms with Crippen LogP contribution in [0.4, 0.5) is 5.69 Å². The van der Waals surface area contributed by atoms with Gasteiger partial charge in [0.25, 0.3) is 11.8 Å². The Kier molecular flexibility index (Phi) is 5.93. The van der Waals surface area contributed by atoms with Crippen molar-refractivity contribution in [3.63, 3.8) is 0 Å². The molecule has 0 aliphatic rings. The van der Waals surface area contributed by atoms with E-state index < -0.39 is 0 Å². The average molecular weight is 375 g/mol. The molecule has 0 heterocycles. The quantitative estimate of drug-likeness (QED) is 0.827. The molecule has 2 amide bonds. The van der Waals surface area contributed by atoms with E-state index in [1.165, 1.54) is 0 Å². The van der Waals surface area contributed by atoms with Gasteiger partial charge in [-0.15, -0.1) is 0 Å². The standard InChI is InChI=1S/C18H19BrN2O2/c1-12(2)11-20-17(22)13-4-3-5-14(10-13)18(23)21-16-8-6-15(19)7-9-16/h3-10,12H,11H2,1-2H3,(H,20,22)(H,21,23). The number of hydrogen-bond acceptors (Lipinski definition) is 2. The zero-order valence-corrected chi connectivity index (χ0v) is 14.7. The zero-order chi connectivity index (χ0) is 16.8. The number of hydrogen-bond donors (Lipinski definition) is 2. The van der Waals surface area contributed by atoms with E-state index in [1.807, 2.05) is 26.0 Å². The fourth-order valence-electron chi connectivity index (χ4n) is 1.94. The fourth-order valence-corrected chi connectivity index (χ4v) is 2.20. The highest BCUT2D eigenvalue weighted by Crippen LogP contribution is 2.15. The van der Waals surface area contributed by atoms with Crippen molar-refractivity contribution >= 4 is 33.4 Å². The molecule has 5 heteroatoms. The molecule has 0 aliphatic heterocycles. The normalized spacial score (nSPS) is 10.4. The SMILES string of the molecule is CC(C)CNC(=O)c1cccc(C(=O)Nc2ccc(Br)cc2)c1. The number of anilines is 1. The first-order valence-electron chi connectivity index (χ1n) is 7.41. The van der Waals surface area contributed by atoms with Crippen molar-refractivity contribution in [2.75, 3.05) is 11.9 Å². The molecule has 0 fully saturated rings. The minimum atomic E-state index is -0.245. The molecule has 0 aliphatic carbocycles. The molecule has 120 valence electrons. The third-order valence-electron chi connectivity index (χ3n) is 3.16. The van der Waals surface area contributed by atoms with Crippen molar-refractivity contribution in [2.45, 2.75) is 13.8 Å². The topological polar surface area (TPSA) is 58.2 Å². The van der Waals surface area contributed by atoms with E-state index in [1.54, 1.807) is 36.4 Å². The molecule has 2 N–H and O–H groups in total. The summed E-state index contributed by atoms with van der Waals surface area (Å²) in [5.41, 5.74) is 1.63. The van der Waals surface area contributed by atoms with E-state index in [2.05, 4.69) is 26.6 Å². The maximum absolute atomic E-state index is 12.3. The van der Waals surface area contributed by atoms with Crippen molar-refractivity contribution in [3.05, 3.63) is 64.1 Å². The van der Waals surface area contributed by atoms with E-state index in [-0.39, 0.29) is 11.8 Å². The van der Waals surface area contributed by atoms with Gasteiger partial charge in [0.05, 0.1) is 0 Å². The van der Waals surface area contributed by atoms with Gasteiger partial charge in [-0.2, -0.15) is 0 Å². The third-order valence-corrected chi connectivity index (χ3v) is 3.69. The van der Waals surface area contributed by atoms with Crippen LogP contribution < -0.4 is 10.6 Å². The molecule has 0 saturated heterocycles. The highest BCUT2D eigenvalue weighted by atomic mass is 79.9. The maximum Gasteiger partial charge on any atom is 0.255 e. The molecule has 2 rings (SSSR count). The van der Waals surface area contributed by atoms with Crippen LogP contribution in [0.3, 0.4) is 0 Å². The summed E-state index contributed by atoms with van der Waals surface area (Å²) >= 11 is 3.35. The molecule has 0 bridgehead atoms. The first-order chi connectivity index (χ1) is 11.0. The molecule has 0 atom stereocenters. The molecule has 2 aromatic carbocycles. The third kappa shape index (κ3) is 5.21. The predicted octanol–water partition coefficient (Wildman–Crippen LogP) is 4.09. The van der Waals surface area contributed by atoms with Crippen LogP contribution in [0.25, 0.3) is 0 Å². The van der Waals surface area contributed by atoms with Gasteiger partial charge in [-0.25, -0.2) is 0 Å². The lowest BCUT2D eigenvalue weighted by molar-refractivity contribution is 0.0949. The van der Waals surface area contributed by atoms with Crippen LogP contribution in [-0.4, -0.2) is 18.4 Å². The molecule has 23 heavy (non-hydrogen) atoms. The molecular weight excluding hydrogens is 356 g/mol. The zero-order valence-electron chi connectivity index (χ0n) is 13.1. The van der Waals surface area contributed by atoms with Gasteiger partial charge in [-0.1, -0.05) is 35.8 Å². The van der Waals surface area contributed by atoms with Gasteiger partial charge in [0.15, 0.2) is 0 Å². The number of halogens is 1. The number of amides is 2. The summed E-state index contributed by atoms with van der Waals surface area (Å²) in [5.74, 6) is -0.0364. The number of benzene rings is 2. The van der Waals surface area contributed by atoms with Crippen LogP contribution in [0, 0.1) is 5.92 Å². The van der Waals surface area contributed by atoms with Crippen LogP contribution in [-0.2, 0) is 0 Å². The molecular formula is C18H19BrN2O2. The minimum absolute atomic E-state index is 0.169. The fraction of sp³-hybridized carbons (Fsp3) is 0.222. The summed E-state index contributed by atoms with van der Waals surface area (Å²) in [6.07, 6.45) is 0. The Morgan fingerprint density at radius 3 is 2.22 bits per heavy atom. The van der Waals surface area contributed by atoms with Crippen molar-refractivity contribution in [2.24, 2.45) is 5.92 Å². The second-order valence-corrected chi connectivity index (χ2v) is 6.56. The van der Waals surface area contributed by atoms with Gasteiger partial charge >= 0.3 is 0 Å². The summed E-state index contributed by atoms with van der Waals surface area (Å²) in [4.78, 5) is 24.4. The first-order valence-corrected chi connectivity index (χ1v) is 8.20. The predicted molar refractivity (Wildman–Crippen MR) is 95.7 cm³/mol. The lowest BCUT2D eigenvalue weighted by Crippen LogP contribution is -2.27. The summed E-state index contributed by atoms with van der Waals surface area (Å²) < 4.78 is 0.944. The Hall–Kier alpha value is -2.14. The van der Waals surface area contributed by atoms with E-state index in [0.717, 1.165) is 4.47 Å². The Labute approximate surface area is 144 Å². The molecule has 0 unspecified atom stereocenters. The van der Waals surface area contributed by atoms with Crippen LogP contribution in [0.1, 0.15) is 34.6 Å².